The highest BCUT2D eigenvalue weighted by molar-refractivity contribution is 7.98. The number of hydrogen-bond donors (Lipinski definition) is 1. The second kappa shape index (κ2) is 5.60. The molecule has 0 fully saturated rings. The van der Waals surface area contributed by atoms with Crippen molar-refractivity contribution in [2.45, 2.75) is 0 Å². The normalized spacial score (nSPS) is 10.0. The Hall–Kier alpha value is -1.23. The molecule has 2 N–H and O–H groups in total. The Labute approximate surface area is 93.9 Å². The summed E-state index contributed by atoms with van der Waals surface area (Å²) in [5.41, 5.74) is 5.91. The van der Waals surface area contributed by atoms with Gasteiger partial charge in [0.15, 0.2) is 0 Å². The van der Waals surface area contributed by atoms with E-state index in [1.165, 1.54) is 0 Å². The van der Waals surface area contributed by atoms with Crippen LogP contribution in [-0.4, -0.2) is 41.4 Å². The summed E-state index contributed by atoms with van der Waals surface area (Å²) >= 11 is 1.71. The van der Waals surface area contributed by atoms with E-state index < -0.39 is 0 Å². The number of hydrogen-bond acceptors (Lipinski definition) is 4. The van der Waals surface area contributed by atoms with Crippen LogP contribution in [0.5, 0.6) is 0 Å². The van der Waals surface area contributed by atoms with Gasteiger partial charge >= 0.3 is 0 Å². The van der Waals surface area contributed by atoms with Gasteiger partial charge in [-0.1, -0.05) is 6.07 Å². The molecule has 5 heteroatoms. The van der Waals surface area contributed by atoms with Gasteiger partial charge < -0.3 is 10.6 Å². The summed E-state index contributed by atoms with van der Waals surface area (Å²) in [5, 5.41) is 0. The molecule has 0 aliphatic carbocycles. The van der Waals surface area contributed by atoms with E-state index in [1.807, 2.05) is 6.26 Å². The number of carbonyl (C=O) groups excluding carboxylic acids is 1. The fraction of sp³-hybridized carbons (Fsp3) is 0.400. The molecule has 0 atom stereocenters. The highest BCUT2D eigenvalue weighted by Gasteiger charge is 2.12. The molecule has 1 rings (SSSR count). The number of nitrogens with zero attached hydrogens (tertiary/aromatic N) is 2. The smallest absolute Gasteiger partial charge is 0.272 e. The fourth-order valence-corrected chi connectivity index (χ4v) is 1.55. The second-order valence-electron chi connectivity index (χ2n) is 3.17. The quantitative estimate of drug-likeness (QED) is 0.833. The van der Waals surface area contributed by atoms with E-state index in [2.05, 4.69) is 4.98 Å². The molecule has 1 heterocycles. The fourth-order valence-electron chi connectivity index (χ4n) is 1.10. The molecule has 0 radical (unpaired) electrons. The van der Waals surface area contributed by atoms with Gasteiger partial charge in [-0.05, 0) is 18.4 Å². The third kappa shape index (κ3) is 3.43. The van der Waals surface area contributed by atoms with Crippen LogP contribution < -0.4 is 5.73 Å². The molecule has 15 heavy (non-hydrogen) atoms. The SMILES string of the molecule is CSCCN(C)C(=O)c1cccc(N)n1. The largest absolute Gasteiger partial charge is 0.384 e. The Bertz CT molecular complexity index is 343. The summed E-state index contributed by atoms with van der Waals surface area (Å²) < 4.78 is 0. The molecule has 0 saturated carbocycles. The van der Waals surface area contributed by atoms with Crippen molar-refractivity contribution in [2.24, 2.45) is 0 Å². The zero-order valence-electron chi connectivity index (χ0n) is 8.93. The summed E-state index contributed by atoms with van der Waals surface area (Å²) in [5.74, 6) is 1.21. The number of thioether (sulfide) groups is 1. The predicted octanol–water partition coefficient (Wildman–Crippen LogP) is 1.10. The lowest BCUT2D eigenvalue weighted by atomic mass is 10.3. The van der Waals surface area contributed by atoms with Crippen LogP contribution in [-0.2, 0) is 0 Å². The molecule has 0 spiro atoms. The lowest BCUT2D eigenvalue weighted by Gasteiger charge is -2.15. The van der Waals surface area contributed by atoms with Gasteiger partial charge in [0.25, 0.3) is 5.91 Å². The van der Waals surface area contributed by atoms with Crippen LogP contribution >= 0.6 is 11.8 Å². The third-order valence-corrected chi connectivity index (χ3v) is 2.56. The van der Waals surface area contributed by atoms with Crippen molar-refractivity contribution in [3.63, 3.8) is 0 Å². The van der Waals surface area contributed by atoms with Gasteiger partial charge in [0.2, 0.25) is 0 Å². The minimum absolute atomic E-state index is 0.0867. The van der Waals surface area contributed by atoms with Crippen molar-refractivity contribution in [3.8, 4) is 0 Å². The van der Waals surface area contributed by atoms with Gasteiger partial charge in [-0.3, -0.25) is 4.79 Å². The van der Waals surface area contributed by atoms with E-state index in [0.29, 0.717) is 11.5 Å². The second-order valence-corrected chi connectivity index (χ2v) is 4.15. The molecule has 1 aromatic heterocycles. The minimum atomic E-state index is -0.0867. The number of aromatic nitrogens is 1. The molecular weight excluding hydrogens is 210 g/mol. The molecule has 0 aromatic carbocycles. The Morgan fingerprint density at radius 1 is 1.60 bits per heavy atom. The molecule has 1 amide bonds. The summed E-state index contributed by atoms with van der Waals surface area (Å²) in [6.07, 6.45) is 2.01. The van der Waals surface area contributed by atoms with Crippen LogP contribution in [0, 0.1) is 0 Å². The molecule has 4 nitrogen and oxygen atoms in total. The maximum atomic E-state index is 11.8. The predicted molar refractivity (Wildman–Crippen MR) is 64.0 cm³/mol. The van der Waals surface area contributed by atoms with Crippen LogP contribution in [0.25, 0.3) is 0 Å². The molecular formula is C10H15N3OS. The molecule has 1 aromatic rings. The monoisotopic (exact) mass is 225 g/mol. The number of carbonyl (C=O) groups is 1. The number of pyridine rings is 1. The van der Waals surface area contributed by atoms with E-state index in [9.17, 15) is 4.79 Å². The van der Waals surface area contributed by atoms with Crippen LogP contribution in [0.1, 0.15) is 10.5 Å². The first-order valence-corrected chi connectivity index (χ1v) is 6.01. The van der Waals surface area contributed by atoms with Crippen LogP contribution in [0.4, 0.5) is 5.82 Å². The molecule has 82 valence electrons. The molecule has 0 aliphatic rings. The lowest BCUT2D eigenvalue weighted by Crippen LogP contribution is -2.29. The van der Waals surface area contributed by atoms with Crippen molar-refractivity contribution < 1.29 is 4.79 Å². The Balaban J connectivity index is 2.67. The zero-order chi connectivity index (χ0) is 11.3. The number of anilines is 1. The third-order valence-electron chi connectivity index (χ3n) is 1.97. The number of rotatable bonds is 4. The number of nitrogen functional groups attached to an aromatic ring is 1. The minimum Gasteiger partial charge on any atom is -0.384 e. The summed E-state index contributed by atoms with van der Waals surface area (Å²) in [6, 6.07) is 5.07. The zero-order valence-corrected chi connectivity index (χ0v) is 9.75. The Morgan fingerprint density at radius 3 is 2.93 bits per heavy atom. The average molecular weight is 225 g/mol. The summed E-state index contributed by atoms with van der Waals surface area (Å²) in [7, 11) is 1.77. The number of nitrogens with two attached hydrogens (primary N) is 1. The Kier molecular flexibility index (Phi) is 4.42. The van der Waals surface area contributed by atoms with Gasteiger partial charge in [0.05, 0.1) is 0 Å². The van der Waals surface area contributed by atoms with Crippen molar-refractivity contribution in [2.75, 3.05) is 31.3 Å². The van der Waals surface area contributed by atoms with Gasteiger partial charge in [-0.15, -0.1) is 0 Å². The van der Waals surface area contributed by atoms with Crippen molar-refractivity contribution in [1.29, 1.82) is 0 Å². The van der Waals surface area contributed by atoms with Crippen molar-refractivity contribution in [1.82, 2.24) is 9.88 Å². The number of amides is 1. The Morgan fingerprint density at radius 2 is 2.33 bits per heavy atom. The maximum absolute atomic E-state index is 11.8. The van der Waals surface area contributed by atoms with Crippen LogP contribution in [0.2, 0.25) is 0 Å². The summed E-state index contributed by atoms with van der Waals surface area (Å²) in [4.78, 5) is 17.4. The van der Waals surface area contributed by atoms with E-state index in [4.69, 9.17) is 5.73 Å². The first-order chi connectivity index (χ1) is 7.15. The van der Waals surface area contributed by atoms with Gasteiger partial charge in [0.1, 0.15) is 11.5 Å². The van der Waals surface area contributed by atoms with Gasteiger partial charge in [-0.25, -0.2) is 4.98 Å². The van der Waals surface area contributed by atoms with E-state index in [1.54, 1.807) is 41.9 Å². The van der Waals surface area contributed by atoms with Crippen molar-refractivity contribution >= 4 is 23.5 Å². The van der Waals surface area contributed by atoms with E-state index in [0.717, 1.165) is 12.3 Å². The maximum Gasteiger partial charge on any atom is 0.272 e. The van der Waals surface area contributed by atoms with Crippen LogP contribution in [0.15, 0.2) is 18.2 Å². The van der Waals surface area contributed by atoms with E-state index >= 15 is 0 Å². The van der Waals surface area contributed by atoms with Gasteiger partial charge in [-0.2, -0.15) is 11.8 Å². The van der Waals surface area contributed by atoms with Crippen LogP contribution in [0.3, 0.4) is 0 Å². The topological polar surface area (TPSA) is 59.2 Å². The highest BCUT2D eigenvalue weighted by atomic mass is 32.2. The van der Waals surface area contributed by atoms with Crippen molar-refractivity contribution in [3.05, 3.63) is 23.9 Å². The molecule has 0 aliphatic heterocycles. The van der Waals surface area contributed by atoms with E-state index in [-0.39, 0.29) is 5.91 Å². The first kappa shape index (κ1) is 11.8. The standard InChI is InChI=1S/C10H15N3OS/c1-13(6-7-15-2)10(14)8-4-3-5-9(11)12-8/h3-5H,6-7H2,1-2H3,(H2,11,12). The molecule has 0 saturated heterocycles. The highest BCUT2D eigenvalue weighted by Crippen LogP contribution is 2.04. The summed E-state index contributed by atoms with van der Waals surface area (Å²) in [6.45, 7) is 0.719. The molecule has 0 unspecified atom stereocenters. The van der Waals surface area contributed by atoms with Gasteiger partial charge in [0, 0.05) is 19.3 Å². The lowest BCUT2D eigenvalue weighted by molar-refractivity contribution is 0.0798. The molecule has 0 bridgehead atoms. The average Bonchev–Trinajstić information content (AvgIpc) is 2.24. The first-order valence-electron chi connectivity index (χ1n) is 4.62.